The Morgan fingerprint density at radius 1 is 0.676 bits per heavy atom. The lowest BCUT2D eigenvalue weighted by Gasteiger charge is -2.13. The molecule has 0 saturated heterocycles. The van der Waals surface area contributed by atoms with E-state index in [1.165, 1.54) is 12.1 Å². The van der Waals surface area contributed by atoms with Crippen LogP contribution in [0.4, 0.5) is 0 Å². The number of hydrogen-bond donors (Lipinski definition) is 0. The first-order valence-electron chi connectivity index (χ1n) is 10.6. The zero-order chi connectivity index (χ0) is 23.5. The van der Waals surface area contributed by atoms with Crippen LogP contribution in [0.3, 0.4) is 0 Å². The van der Waals surface area contributed by atoms with Gasteiger partial charge in [0.1, 0.15) is 11.3 Å². The maximum absolute atomic E-state index is 13.4. The third-order valence-corrected chi connectivity index (χ3v) is 5.42. The predicted molar refractivity (Wildman–Crippen MR) is 129 cm³/mol. The molecule has 1 aromatic heterocycles. The van der Waals surface area contributed by atoms with Crippen LogP contribution in [0.15, 0.2) is 118 Å². The summed E-state index contributed by atoms with van der Waals surface area (Å²) >= 11 is 0. The van der Waals surface area contributed by atoms with Gasteiger partial charge in [-0.3, -0.25) is 4.79 Å². The predicted octanol–water partition coefficient (Wildman–Crippen LogP) is 5.91. The average molecular weight is 446 g/mol. The van der Waals surface area contributed by atoms with Gasteiger partial charge in [0.25, 0.3) is 0 Å². The topological polar surface area (TPSA) is 73.6 Å². The second-order valence-corrected chi connectivity index (χ2v) is 7.64. The van der Waals surface area contributed by atoms with Crippen LogP contribution in [0.25, 0.3) is 22.1 Å². The molecule has 0 spiro atoms. The SMILES string of the molecule is O=C(Oc1cc2c(-c3ccccc3)cc(=O)oc2cc1C(=O)c1ccccc1)c1ccccc1. The van der Waals surface area contributed by atoms with E-state index in [9.17, 15) is 14.4 Å². The zero-order valence-electron chi connectivity index (χ0n) is 17.9. The highest BCUT2D eigenvalue weighted by atomic mass is 16.5. The fourth-order valence-electron chi connectivity index (χ4n) is 3.78. The standard InChI is InChI=1S/C29H18O5/c30-27-18-22(19-10-4-1-5-11-19)23-16-26(34-29(32)21-14-8-3-9-15-21)24(17-25(23)33-27)28(31)20-12-6-2-7-13-20/h1-18H. The van der Waals surface area contributed by atoms with Gasteiger partial charge in [-0.2, -0.15) is 0 Å². The van der Waals surface area contributed by atoms with Crippen molar-refractivity contribution in [1.29, 1.82) is 0 Å². The second kappa shape index (κ2) is 9.00. The summed E-state index contributed by atoms with van der Waals surface area (Å²) in [5.41, 5.74) is 1.98. The molecule has 0 bridgehead atoms. The van der Waals surface area contributed by atoms with E-state index < -0.39 is 11.6 Å². The van der Waals surface area contributed by atoms with Gasteiger partial charge < -0.3 is 9.15 Å². The third-order valence-electron chi connectivity index (χ3n) is 5.42. The van der Waals surface area contributed by atoms with Gasteiger partial charge in [-0.05, 0) is 35.4 Å². The van der Waals surface area contributed by atoms with Gasteiger partial charge in [0, 0.05) is 17.0 Å². The summed E-state index contributed by atoms with van der Waals surface area (Å²) < 4.78 is 11.2. The van der Waals surface area contributed by atoms with Crippen molar-refractivity contribution in [3.05, 3.63) is 136 Å². The molecule has 4 aromatic carbocycles. The highest BCUT2D eigenvalue weighted by Crippen LogP contribution is 2.34. The number of ether oxygens (including phenoxy) is 1. The lowest BCUT2D eigenvalue weighted by molar-refractivity contribution is 0.0733. The van der Waals surface area contributed by atoms with Gasteiger partial charge in [-0.25, -0.2) is 9.59 Å². The van der Waals surface area contributed by atoms with Crippen LogP contribution >= 0.6 is 0 Å². The molecule has 0 unspecified atom stereocenters. The number of hydrogen-bond acceptors (Lipinski definition) is 5. The summed E-state index contributed by atoms with van der Waals surface area (Å²) in [7, 11) is 0. The Kier molecular flexibility index (Phi) is 5.58. The molecule has 0 aliphatic heterocycles. The van der Waals surface area contributed by atoms with E-state index in [2.05, 4.69) is 0 Å². The number of fused-ring (bicyclic) bond motifs is 1. The van der Waals surface area contributed by atoms with Crippen molar-refractivity contribution in [1.82, 2.24) is 0 Å². The summed E-state index contributed by atoms with van der Waals surface area (Å²) in [6.07, 6.45) is 0. The molecule has 0 aliphatic rings. The van der Waals surface area contributed by atoms with Gasteiger partial charge in [-0.1, -0.05) is 78.9 Å². The number of ketones is 1. The maximum atomic E-state index is 13.4. The summed E-state index contributed by atoms with van der Waals surface area (Å²) in [6, 6.07) is 30.9. The molecule has 1 heterocycles. The molecule has 0 atom stereocenters. The van der Waals surface area contributed by atoms with Crippen LogP contribution in [0.2, 0.25) is 0 Å². The fraction of sp³-hybridized carbons (Fsp3) is 0. The Hall–Kier alpha value is -4.77. The number of rotatable bonds is 5. The average Bonchev–Trinajstić information content (AvgIpc) is 2.89. The number of carbonyl (C=O) groups is 2. The number of esters is 1. The minimum Gasteiger partial charge on any atom is -0.423 e. The molecule has 0 N–H and O–H groups in total. The van der Waals surface area contributed by atoms with Crippen LogP contribution in [-0.4, -0.2) is 11.8 Å². The minimum atomic E-state index is -0.597. The van der Waals surface area contributed by atoms with Crippen LogP contribution in [0, 0.1) is 0 Å². The molecule has 34 heavy (non-hydrogen) atoms. The molecular formula is C29H18O5. The largest absolute Gasteiger partial charge is 0.423 e. The maximum Gasteiger partial charge on any atom is 0.343 e. The molecule has 0 radical (unpaired) electrons. The molecule has 5 heteroatoms. The van der Waals surface area contributed by atoms with Crippen LogP contribution in [0.1, 0.15) is 26.3 Å². The Morgan fingerprint density at radius 3 is 1.91 bits per heavy atom. The highest BCUT2D eigenvalue weighted by molar-refractivity contribution is 6.13. The van der Waals surface area contributed by atoms with E-state index in [0.29, 0.717) is 22.1 Å². The highest BCUT2D eigenvalue weighted by Gasteiger charge is 2.21. The summed E-state index contributed by atoms with van der Waals surface area (Å²) in [5.74, 6) is -0.868. The molecular weight excluding hydrogens is 428 g/mol. The first-order valence-corrected chi connectivity index (χ1v) is 10.6. The molecule has 0 saturated carbocycles. The number of carbonyl (C=O) groups excluding carboxylic acids is 2. The van der Waals surface area contributed by atoms with E-state index >= 15 is 0 Å². The summed E-state index contributed by atoms with van der Waals surface area (Å²) in [6.45, 7) is 0. The van der Waals surface area contributed by atoms with Crippen molar-refractivity contribution in [3.8, 4) is 16.9 Å². The van der Waals surface area contributed by atoms with Crippen molar-refractivity contribution >= 4 is 22.7 Å². The second-order valence-electron chi connectivity index (χ2n) is 7.64. The van der Waals surface area contributed by atoms with Crippen molar-refractivity contribution in [2.24, 2.45) is 0 Å². The lowest BCUT2D eigenvalue weighted by Crippen LogP contribution is -2.12. The number of benzene rings is 4. The van der Waals surface area contributed by atoms with E-state index in [-0.39, 0.29) is 22.7 Å². The Morgan fingerprint density at radius 2 is 1.26 bits per heavy atom. The van der Waals surface area contributed by atoms with Crippen molar-refractivity contribution in [3.63, 3.8) is 0 Å². The van der Waals surface area contributed by atoms with Gasteiger partial charge in [0.15, 0.2) is 5.78 Å². The van der Waals surface area contributed by atoms with Gasteiger partial charge in [0.05, 0.1) is 11.1 Å². The van der Waals surface area contributed by atoms with E-state index in [4.69, 9.17) is 9.15 Å². The Bertz CT molecular complexity index is 1550. The first kappa shape index (κ1) is 21.1. The summed E-state index contributed by atoms with van der Waals surface area (Å²) in [5, 5.41) is 0.547. The van der Waals surface area contributed by atoms with E-state index in [1.807, 2.05) is 30.3 Å². The first-order chi connectivity index (χ1) is 16.6. The quantitative estimate of drug-likeness (QED) is 0.145. The van der Waals surface area contributed by atoms with Gasteiger partial charge in [-0.15, -0.1) is 0 Å². The molecule has 0 amide bonds. The Labute approximate surface area is 194 Å². The normalized spacial score (nSPS) is 10.7. The van der Waals surface area contributed by atoms with Crippen molar-refractivity contribution < 1.29 is 18.7 Å². The molecule has 0 aliphatic carbocycles. The smallest absolute Gasteiger partial charge is 0.343 e. The van der Waals surface area contributed by atoms with Gasteiger partial charge in [0.2, 0.25) is 0 Å². The van der Waals surface area contributed by atoms with Gasteiger partial charge >= 0.3 is 11.6 Å². The molecule has 5 aromatic rings. The fourth-order valence-corrected chi connectivity index (χ4v) is 3.78. The Balaban J connectivity index is 1.72. The van der Waals surface area contributed by atoms with Crippen LogP contribution < -0.4 is 10.4 Å². The molecule has 164 valence electrons. The molecule has 5 rings (SSSR count). The molecule has 5 nitrogen and oxygen atoms in total. The van der Waals surface area contributed by atoms with E-state index in [1.54, 1.807) is 66.7 Å². The molecule has 0 fully saturated rings. The monoisotopic (exact) mass is 446 g/mol. The van der Waals surface area contributed by atoms with E-state index in [0.717, 1.165) is 5.56 Å². The van der Waals surface area contributed by atoms with Crippen molar-refractivity contribution in [2.45, 2.75) is 0 Å². The van der Waals surface area contributed by atoms with Crippen molar-refractivity contribution in [2.75, 3.05) is 0 Å². The third kappa shape index (κ3) is 4.14. The zero-order valence-corrected chi connectivity index (χ0v) is 17.9. The van der Waals surface area contributed by atoms with Crippen LogP contribution in [-0.2, 0) is 0 Å². The minimum absolute atomic E-state index is 0.0845. The summed E-state index contributed by atoms with van der Waals surface area (Å²) in [4.78, 5) is 38.6. The lowest BCUT2D eigenvalue weighted by atomic mass is 9.97. The van der Waals surface area contributed by atoms with Crippen LogP contribution in [0.5, 0.6) is 5.75 Å².